The zero-order valence-electron chi connectivity index (χ0n) is 7.69. The number of rotatable bonds is 0. The van der Waals surface area contributed by atoms with Gasteiger partial charge in [0.05, 0.1) is 0 Å². The van der Waals surface area contributed by atoms with Crippen LogP contribution in [0.5, 0.6) is 0 Å². The molecule has 0 N–H and O–H groups in total. The van der Waals surface area contributed by atoms with Crippen molar-refractivity contribution in [2.45, 2.75) is 25.7 Å². The van der Waals surface area contributed by atoms with Crippen molar-refractivity contribution in [2.24, 2.45) is 0 Å². The maximum atomic E-state index is 2.42. The Morgan fingerprint density at radius 2 is 1.30 bits per heavy atom. The second-order valence-corrected chi connectivity index (χ2v) is 2.72. The van der Waals surface area contributed by atoms with Gasteiger partial charge in [0.15, 0.2) is 0 Å². The maximum Gasteiger partial charge on any atom is 1.00 e. The Hall–Kier alpha value is 1.60. The first-order valence-corrected chi connectivity index (χ1v) is 3.58. The van der Waals surface area contributed by atoms with E-state index in [0.717, 1.165) is 0 Å². The molecule has 1 fully saturated rings. The zero-order valence-corrected chi connectivity index (χ0v) is 10.8. The minimum Gasteiger partial charge on any atom is -0.358 e. The molecule has 0 amide bonds. The van der Waals surface area contributed by atoms with E-state index in [-0.39, 0.29) is 58.8 Å². The summed E-state index contributed by atoms with van der Waals surface area (Å²) in [5.74, 6) is 0. The average molecular weight is 167 g/mol. The fourth-order valence-corrected chi connectivity index (χ4v) is 1.23. The van der Waals surface area contributed by atoms with Crippen molar-refractivity contribution in [2.75, 3.05) is 20.1 Å². The van der Waals surface area contributed by atoms with Crippen molar-refractivity contribution >= 4 is 0 Å². The van der Waals surface area contributed by atoms with Crippen molar-refractivity contribution < 1.29 is 51.4 Å². The summed E-state index contributed by atoms with van der Waals surface area (Å²) in [6, 6.07) is 0. The maximum absolute atomic E-state index is 2.42. The summed E-state index contributed by atoms with van der Waals surface area (Å²) in [5.41, 5.74) is 0. The second kappa shape index (κ2) is 8.69. The molecule has 0 aliphatic carbocycles. The van der Waals surface area contributed by atoms with Crippen molar-refractivity contribution in [1.82, 2.24) is 4.90 Å². The molecule has 0 saturated carbocycles. The van der Waals surface area contributed by atoms with E-state index in [1.165, 1.54) is 38.8 Å². The molecule has 0 atom stereocenters. The molecule has 1 rings (SSSR count). The van der Waals surface area contributed by atoms with E-state index in [0.29, 0.717) is 0 Å². The predicted octanol–water partition coefficient (Wildman–Crippen LogP) is -1.05. The molecule has 1 heterocycles. The number of hydrogen-bond acceptors (Lipinski definition) is 1. The molecule has 56 valence electrons. The Morgan fingerprint density at radius 1 is 0.900 bits per heavy atom. The predicted molar refractivity (Wildman–Crippen MR) is 42.4 cm³/mol. The quantitative estimate of drug-likeness (QED) is 0.329. The van der Waals surface area contributed by atoms with Crippen molar-refractivity contribution in [3.63, 3.8) is 0 Å². The molecule has 0 bridgehead atoms. The van der Waals surface area contributed by atoms with Crippen molar-refractivity contribution in [3.8, 4) is 0 Å². The summed E-state index contributed by atoms with van der Waals surface area (Å²) in [6.45, 7) is 2.64. The van der Waals surface area contributed by atoms with Crippen LogP contribution in [0.2, 0.25) is 0 Å². The van der Waals surface area contributed by atoms with Crippen LogP contribution >= 0.6 is 0 Å². The summed E-state index contributed by atoms with van der Waals surface area (Å²) in [5, 5.41) is 0. The van der Waals surface area contributed by atoms with E-state index in [1.54, 1.807) is 0 Å². The van der Waals surface area contributed by atoms with Gasteiger partial charge in [-0.05, 0) is 33.0 Å². The molecule has 0 radical (unpaired) electrons. The van der Waals surface area contributed by atoms with Crippen LogP contribution in [0, 0.1) is 7.43 Å². The Bertz CT molecular complexity index is 58.3. The molecule has 0 aromatic carbocycles. The van der Waals surface area contributed by atoms with Gasteiger partial charge >= 0.3 is 51.4 Å². The van der Waals surface area contributed by atoms with Gasteiger partial charge in [0, 0.05) is 0 Å². The first-order valence-electron chi connectivity index (χ1n) is 3.58. The minimum atomic E-state index is 0. The molecule has 0 aromatic rings. The van der Waals surface area contributed by atoms with Crippen LogP contribution in [-0.4, -0.2) is 25.0 Å². The van der Waals surface area contributed by atoms with Gasteiger partial charge in [-0.2, -0.15) is 0 Å². The molecule has 0 spiro atoms. The SMILES string of the molecule is CN1CCCCCC1.[CH3-].[K+]. The molecule has 0 unspecified atom stereocenters. The molecule has 0 aromatic heterocycles. The van der Waals surface area contributed by atoms with Crippen LogP contribution in [0.4, 0.5) is 0 Å². The Kier molecular flexibility index (Phi) is 12.3. The summed E-state index contributed by atoms with van der Waals surface area (Å²) in [4.78, 5) is 2.42. The van der Waals surface area contributed by atoms with E-state index in [1.807, 2.05) is 0 Å². The Morgan fingerprint density at radius 3 is 1.70 bits per heavy atom. The molecular weight excluding hydrogens is 149 g/mol. The molecule has 2 heteroatoms. The van der Waals surface area contributed by atoms with E-state index >= 15 is 0 Å². The van der Waals surface area contributed by atoms with Crippen LogP contribution in [0.3, 0.4) is 0 Å². The van der Waals surface area contributed by atoms with Gasteiger partial charge in [-0.15, -0.1) is 0 Å². The standard InChI is InChI=1S/C7H15N.CH3.K/c1-8-6-4-2-3-5-7-8;;/h2-7H2,1H3;1H3;/q;-1;+1. The van der Waals surface area contributed by atoms with Crippen LogP contribution in [0.1, 0.15) is 25.7 Å². The van der Waals surface area contributed by atoms with Gasteiger partial charge in [0.2, 0.25) is 0 Å². The molecule has 1 nitrogen and oxygen atoms in total. The van der Waals surface area contributed by atoms with Crippen LogP contribution in [-0.2, 0) is 0 Å². The first-order chi connectivity index (χ1) is 3.89. The van der Waals surface area contributed by atoms with Crippen molar-refractivity contribution in [1.29, 1.82) is 0 Å². The Balaban J connectivity index is 0. The molecule has 1 aliphatic heterocycles. The third kappa shape index (κ3) is 6.32. The largest absolute Gasteiger partial charge is 1.00 e. The Labute approximate surface area is 108 Å². The van der Waals surface area contributed by atoms with Crippen LogP contribution in [0.15, 0.2) is 0 Å². The van der Waals surface area contributed by atoms with E-state index in [9.17, 15) is 0 Å². The second-order valence-electron chi connectivity index (χ2n) is 2.72. The summed E-state index contributed by atoms with van der Waals surface area (Å²) in [7, 11) is 2.21. The minimum absolute atomic E-state index is 0. The van der Waals surface area contributed by atoms with Crippen molar-refractivity contribution in [3.05, 3.63) is 7.43 Å². The monoisotopic (exact) mass is 167 g/mol. The van der Waals surface area contributed by atoms with Crippen LogP contribution in [0.25, 0.3) is 0 Å². The van der Waals surface area contributed by atoms with E-state index in [4.69, 9.17) is 0 Å². The van der Waals surface area contributed by atoms with Crippen LogP contribution < -0.4 is 51.4 Å². The normalized spacial score (nSPS) is 20.1. The van der Waals surface area contributed by atoms with E-state index < -0.39 is 0 Å². The third-order valence-electron chi connectivity index (χ3n) is 1.83. The average Bonchev–Trinajstić information content (AvgIpc) is 1.94. The summed E-state index contributed by atoms with van der Waals surface area (Å²) >= 11 is 0. The molecule has 10 heavy (non-hydrogen) atoms. The van der Waals surface area contributed by atoms with Gasteiger partial charge in [-0.25, -0.2) is 0 Å². The van der Waals surface area contributed by atoms with Gasteiger partial charge in [-0.3, -0.25) is 0 Å². The number of nitrogens with zero attached hydrogens (tertiary/aromatic N) is 1. The molecule has 1 aliphatic rings. The topological polar surface area (TPSA) is 3.24 Å². The zero-order chi connectivity index (χ0) is 5.82. The first kappa shape index (κ1) is 14.1. The van der Waals surface area contributed by atoms with Gasteiger partial charge in [-0.1, -0.05) is 12.8 Å². The smallest absolute Gasteiger partial charge is 0.358 e. The molecule has 1 saturated heterocycles. The fraction of sp³-hybridized carbons (Fsp3) is 0.875. The summed E-state index contributed by atoms with van der Waals surface area (Å²) in [6.07, 6.45) is 5.72. The summed E-state index contributed by atoms with van der Waals surface area (Å²) < 4.78 is 0. The molecular formula is C8H18KN. The fourth-order valence-electron chi connectivity index (χ4n) is 1.23. The third-order valence-corrected chi connectivity index (χ3v) is 1.83. The van der Waals surface area contributed by atoms with Gasteiger partial charge < -0.3 is 12.3 Å². The van der Waals surface area contributed by atoms with Gasteiger partial charge in [0.1, 0.15) is 0 Å². The van der Waals surface area contributed by atoms with Gasteiger partial charge in [0.25, 0.3) is 0 Å². The number of likely N-dealkylation sites (tertiary alicyclic amines) is 1. The number of hydrogen-bond donors (Lipinski definition) is 0. The van der Waals surface area contributed by atoms with E-state index in [2.05, 4.69) is 11.9 Å².